The minimum atomic E-state index is -2.96. The highest BCUT2D eigenvalue weighted by molar-refractivity contribution is 6.10. The molecule has 3 aromatic rings. The largest absolute Gasteiger partial charge is 0.463 e. The average Bonchev–Trinajstić information content (AvgIpc) is 3.01. The zero-order valence-electron chi connectivity index (χ0n) is 20.8. The number of alkyl halides is 1. The Balaban J connectivity index is 1.64. The first kappa shape index (κ1) is 26.0. The van der Waals surface area contributed by atoms with Crippen LogP contribution in [0.25, 0.3) is 11.1 Å². The van der Waals surface area contributed by atoms with Gasteiger partial charge in [-0.3, -0.25) is 9.59 Å². The second kappa shape index (κ2) is 11.3. The highest BCUT2D eigenvalue weighted by atomic mass is 19.1. The molecule has 1 N–H and O–H groups in total. The summed E-state index contributed by atoms with van der Waals surface area (Å²) in [7, 11) is 0. The number of nitrogens with one attached hydrogen (secondary N) is 1. The Morgan fingerprint density at radius 1 is 0.973 bits per heavy atom. The average molecular weight is 505 g/mol. The van der Waals surface area contributed by atoms with Crippen LogP contribution in [0.3, 0.4) is 0 Å². The van der Waals surface area contributed by atoms with Gasteiger partial charge in [-0.15, -0.1) is 0 Å². The zero-order chi connectivity index (χ0) is 26.4. The van der Waals surface area contributed by atoms with Gasteiger partial charge in [0.2, 0.25) is 0 Å². The summed E-state index contributed by atoms with van der Waals surface area (Å²) in [5.41, 5.74) is 0.701. The molecule has 4 rings (SSSR count). The van der Waals surface area contributed by atoms with Gasteiger partial charge in [0.1, 0.15) is 6.04 Å². The third-order valence-electron chi connectivity index (χ3n) is 6.20. The molecule has 8 heteroatoms. The summed E-state index contributed by atoms with van der Waals surface area (Å²) in [4.78, 5) is 40.5. The molecular formula is C29H29FN2O5. The van der Waals surface area contributed by atoms with Gasteiger partial charge in [-0.05, 0) is 36.6 Å². The van der Waals surface area contributed by atoms with E-state index < -0.39 is 29.5 Å². The third kappa shape index (κ3) is 5.54. The Hall–Kier alpha value is -4.04. The van der Waals surface area contributed by atoms with Crippen molar-refractivity contribution in [3.05, 3.63) is 90.0 Å². The smallest absolute Gasteiger partial charge is 0.353 e. The van der Waals surface area contributed by atoms with E-state index in [4.69, 9.17) is 9.47 Å². The highest BCUT2D eigenvalue weighted by Gasteiger charge is 2.46. The van der Waals surface area contributed by atoms with Gasteiger partial charge in [0.15, 0.2) is 0 Å². The number of rotatable bonds is 9. The number of carbonyl (C=O) groups excluding carboxylic acids is 3. The number of halogens is 1. The van der Waals surface area contributed by atoms with Crippen molar-refractivity contribution in [2.75, 3.05) is 24.7 Å². The Morgan fingerprint density at radius 3 is 2.35 bits per heavy atom. The van der Waals surface area contributed by atoms with E-state index in [0.29, 0.717) is 17.9 Å². The number of amides is 2. The van der Waals surface area contributed by atoms with Crippen LogP contribution in [0.1, 0.15) is 31.0 Å². The maximum atomic E-state index is 15.2. The topological polar surface area (TPSA) is 84.9 Å². The standard InChI is InChI=1S/C29H29FN2O5/c1-3-37-28(35)29(2,30)27(34)31-25-23-15-8-7-13-21(23)22-14-9-10-16-24(22)32(26(25)33)17-18-36-19-20-11-5-4-6-12-20/h4-16,25H,3,17-19H2,1-2H3,(H,31,34)/t25-,29?/m0/s1. The molecule has 37 heavy (non-hydrogen) atoms. The van der Waals surface area contributed by atoms with Crippen molar-refractivity contribution in [3.63, 3.8) is 0 Å². The minimum Gasteiger partial charge on any atom is -0.463 e. The van der Waals surface area contributed by atoms with Crippen molar-refractivity contribution in [1.29, 1.82) is 0 Å². The predicted octanol–water partition coefficient (Wildman–Crippen LogP) is 4.37. The maximum Gasteiger partial charge on any atom is 0.353 e. The monoisotopic (exact) mass is 504 g/mol. The van der Waals surface area contributed by atoms with E-state index in [1.54, 1.807) is 12.1 Å². The summed E-state index contributed by atoms with van der Waals surface area (Å²) >= 11 is 0. The van der Waals surface area contributed by atoms with Gasteiger partial charge in [0, 0.05) is 12.1 Å². The molecule has 0 spiro atoms. The van der Waals surface area contributed by atoms with Gasteiger partial charge in [-0.2, -0.15) is 0 Å². The van der Waals surface area contributed by atoms with E-state index in [-0.39, 0.29) is 19.8 Å². The Bertz CT molecular complexity index is 1280. The van der Waals surface area contributed by atoms with E-state index in [1.807, 2.05) is 66.7 Å². The summed E-state index contributed by atoms with van der Waals surface area (Å²) in [6, 6.07) is 23.0. The number of ether oxygens (including phenoxy) is 2. The summed E-state index contributed by atoms with van der Waals surface area (Å²) < 4.78 is 25.7. The normalized spacial score (nSPS) is 16.1. The molecular weight excluding hydrogens is 475 g/mol. The maximum absolute atomic E-state index is 15.2. The van der Waals surface area contributed by atoms with Gasteiger partial charge in [0.05, 0.1) is 25.5 Å². The summed E-state index contributed by atoms with van der Waals surface area (Å²) in [5, 5.41) is 2.48. The number of nitrogens with zero attached hydrogens (tertiary/aromatic N) is 1. The highest BCUT2D eigenvalue weighted by Crippen LogP contribution is 2.40. The molecule has 0 radical (unpaired) electrons. The van der Waals surface area contributed by atoms with E-state index in [1.165, 1.54) is 11.8 Å². The van der Waals surface area contributed by atoms with E-state index in [0.717, 1.165) is 23.6 Å². The number of esters is 1. The first-order valence-corrected chi connectivity index (χ1v) is 12.1. The lowest BCUT2D eigenvalue weighted by Crippen LogP contribution is -2.52. The zero-order valence-corrected chi connectivity index (χ0v) is 20.8. The number of carbonyl (C=O) groups is 3. The molecule has 2 amide bonds. The van der Waals surface area contributed by atoms with Crippen LogP contribution in [-0.2, 0) is 30.5 Å². The SMILES string of the molecule is CCOC(=O)C(C)(F)C(=O)N[C@@H]1C(=O)N(CCOCc2ccccc2)c2ccccc2-c2ccccc21. The molecule has 2 atom stereocenters. The molecule has 0 saturated carbocycles. The molecule has 0 saturated heterocycles. The summed E-state index contributed by atoms with van der Waals surface area (Å²) in [6.07, 6.45) is 0. The van der Waals surface area contributed by atoms with E-state index in [9.17, 15) is 14.4 Å². The predicted molar refractivity (Wildman–Crippen MR) is 137 cm³/mol. The second-order valence-corrected chi connectivity index (χ2v) is 8.76. The van der Waals surface area contributed by atoms with Crippen LogP contribution in [0, 0.1) is 0 Å². The van der Waals surface area contributed by atoms with Gasteiger partial charge in [-0.1, -0.05) is 72.8 Å². The van der Waals surface area contributed by atoms with Crippen LogP contribution in [-0.4, -0.2) is 43.2 Å². The molecule has 192 valence electrons. The van der Waals surface area contributed by atoms with E-state index in [2.05, 4.69) is 5.32 Å². The van der Waals surface area contributed by atoms with Crippen molar-refractivity contribution in [1.82, 2.24) is 5.32 Å². The van der Waals surface area contributed by atoms with Crippen molar-refractivity contribution in [2.45, 2.75) is 32.2 Å². The molecule has 1 heterocycles. The quantitative estimate of drug-likeness (QED) is 0.266. The summed E-state index contributed by atoms with van der Waals surface area (Å²) in [6.45, 7) is 3.08. The minimum absolute atomic E-state index is 0.0805. The Labute approximate surface area is 215 Å². The fourth-order valence-corrected chi connectivity index (χ4v) is 4.25. The molecule has 3 aromatic carbocycles. The first-order valence-electron chi connectivity index (χ1n) is 12.1. The van der Waals surface area contributed by atoms with E-state index >= 15 is 4.39 Å². The van der Waals surface area contributed by atoms with Crippen molar-refractivity contribution in [3.8, 4) is 11.1 Å². The number of hydrogen-bond acceptors (Lipinski definition) is 5. The molecule has 0 aliphatic carbocycles. The second-order valence-electron chi connectivity index (χ2n) is 8.76. The lowest BCUT2D eigenvalue weighted by Gasteiger charge is -2.28. The van der Waals surface area contributed by atoms with Gasteiger partial charge in [-0.25, -0.2) is 9.18 Å². The Kier molecular flexibility index (Phi) is 7.98. The summed E-state index contributed by atoms with van der Waals surface area (Å²) in [5.74, 6) is -3.02. The van der Waals surface area contributed by atoms with Gasteiger partial charge in [0.25, 0.3) is 17.5 Å². The van der Waals surface area contributed by atoms with Crippen LogP contribution in [0.2, 0.25) is 0 Å². The van der Waals surface area contributed by atoms with Crippen LogP contribution in [0.5, 0.6) is 0 Å². The number of para-hydroxylation sites is 1. The fraction of sp³-hybridized carbons (Fsp3) is 0.276. The molecule has 1 aliphatic rings. The molecule has 0 fully saturated rings. The lowest BCUT2D eigenvalue weighted by molar-refractivity contribution is -0.162. The number of benzene rings is 3. The number of hydrogen-bond donors (Lipinski definition) is 1. The fourth-order valence-electron chi connectivity index (χ4n) is 4.25. The molecule has 1 aliphatic heterocycles. The first-order chi connectivity index (χ1) is 17.8. The number of fused-ring (bicyclic) bond motifs is 3. The van der Waals surface area contributed by atoms with Gasteiger partial charge < -0.3 is 19.7 Å². The van der Waals surface area contributed by atoms with Crippen LogP contribution < -0.4 is 10.2 Å². The third-order valence-corrected chi connectivity index (χ3v) is 6.20. The van der Waals surface area contributed by atoms with Crippen LogP contribution in [0.4, 0.5) is 10.1 Å². The molecule has 0 aromatic heterocycles. The van der Waals surface area contributed by atoms with Crippen molar-refractivity contribution in [2.24, 2.45) is 0 Å². The number of anilines is 1. The molecule has 1 unspecified atom stereocenters. The van der Waals surface area contributed by atoms with Crippen LogP contribution in [0.15, 0.2) is 78.9 Å². The Morgan fingerprint density at radius 2 is 1.62 bits per heavy atom. The molecule has 7 nitrogen and oxygen atoms in total. The lowest BCUT2D eigenvalue weighted by atomic mass is 9.95. The van der Waals surface area contributed by atoms with Crippen molar-refractivity contribution >= 4 is 23.5 Å². The van der Waals surface area contributed by atoms with Crippen LogP contribution >= 0.6 is 0 Å². The van der Waals surface area contributed by atoms with Crippen molar-refractivity contribution < 1.29 is 28.2 Å². The van der Waals surface area contributed by atoms with Gasteiger partial charge >= 0.3 is 5.97 Å². The molecule has 0 bridgehead atoms.